The van der Waals surface area contributed by atoms with Crippen molar-refractivity contribution in [2.75, 3.05) is 51.2 Å². The maximum atomic E-state index is 15.4. The molecule has 0 radical (unpaired) electrons. The summed E-state index contributed by atoms with van der Waals surface area (Å²) in [6.07, 6.45) is 7.41. The van der Waals surface area contributed by atoms with Crippen molar-refractivity contribution >= 4 is 55.6 Å². The highest BCUT2D eigenvalue weighted by atomic mass is 31.2. The summed E-state index contributed by atoms with van der Waals surface area (Å²) in [6, 6.07) is 8.21. The third-order valence-electron chi connectivity index (χ3n) is 12.1. The average Bonchev–Trinajstić information content (AvgIpc) is 3.70. The van der Waals surface area contributed by atoms with E-state index in [1.165, 1.54) is 41.8 Å². The van der Waals surface area contributed by atoms with E-state index in [0.29, 0.717) is 94.4 Å². The molecule has 0 saturated carbocycles. The predicted octanol–water partition coefficient (Wildman–Crippen LogP) is 4.73. The molecule has 6 N–H and O–H groups in total. The number of nitrogens with zero attached hydrogens (tertiary/aromatic N) is 2. The maximum absolute atomic E-state index is 15.4. The van der Waals surface area contributed by atoms with E-state index in [2.05, 4.69) is 26.5 Å². The van der Waals surface area contributed by atoms with Crippen molar-refractivity contribution < 1.29 is 66.0 Å². The van der Waals surface area contributed by atoms with Crippen LogP contribution in [0.4, 0.5) is 10.1 Å². The highest BCUT2D eigenvalue weighted by molar-refractivity contribution is 7.65. The number of pyridine rings is 2. The summed E-state index contributed by atoms with van der Waals surface area (Å²) in [4.78, 5) is 69.4. The number of amides is 2. The van der Waals surface area contributed by atoms with Crippen LogP contribution < -0.4 is 26.4 Å². The van der Waals surface area contributed by atoms with Crippen molar-refractivity contribution in [1.29, 1.82) is 0 Å². The fourth-order valence-electron chi connectivity index (χ4n) is 8.61. The van der Waals surface area contributed by atoms with Crippen molar-refractivity contribution in [2.45, 2.75) is 84.1 Å². The number of esters is 2. The highest BCUT2D eigenvalue weighted by Gasteiger charge is 2.46. The number of cyclic esters (lactones) is 1. The van der Waals surface area contributed by atoms with Gasteiger partial charge in [-0.3, -0.25) is 32.8 Å². The summed E-state index contributed by atoms with van der Waals surface area (Å²) in [5.41, 5.74) is 3.74. The summed E-state index contributed by atoms with van der Waals surface area (Å²) >= 11 is 0. The lowest BCUT2D eigenvalue weighted by Gasteiger charge is -2.31. The second kappa shape index (κ2) is 21.5. The number of hydrogen-bond donors (Lipinski definition) is 6. The lowest BCUT2D eigenvalue weighted by atomic mass is 9.81. The Kier molecular flexibility index (Phi) is 15.9. The molecule has 69 heavy (non-hydrogen) atoms. The minimum atomic E-state index is -4.19. The Morgan fingerprint density at radius 1 is 1.03 bits per heavy atom. The number of unbranched alkanes of at least 4 members (excludes halogenated alkanes) is 2. The van der Waals surface area contributed by atoms with E-state index in [9.17, 15) is 38.2 Å². The first kappa shape index (κ1) is 51.1. The van der Waals surface area contributed by atoms with Gasteiger partial charge in [-0.05, 0) is 92.5 Å². The molecule has 4 heterocycles. The molecule has 2 amide bonds. The van der Waals surface area contributed by atoms with Gasteiger partial charge < -0.3 is 44.5 Å². The number of ether oxygens (including phenoxy) is 2. The number of aliphatic hydroxyl groups excluding tert-OH is 1. The van der Waals surface area contributed by atoms with E-state index in [-0.39, 0.29) is 69.6 Å². The molecule has 2 unspecified atom stereocenters. The van der Waals surface area contributed by atoms with Crippen LogP contribution in [0, 0.1) is 24.8 Å². The van der Waals surface area contributed by atoms with Crippen molar-refractivity contribution in [3.63, 3.8) is 0 Å². The van der Waals surface area contributed by atoms with Gasteiger partial charge in [0.1, 0.15) is 25.6 Å². The first-order valence-electron chi connectivity index (χ1n) is 22.3. The second-order valence-corrected chi connectivity index (χ2v) is 20.2. The van der Waals surface area contributed by atoms with Crippen LogP contribution in [-0.4, -0.2) is 89.6 Å². The summed E-state index contributed by atoms with van der Waals surface area (Å²) < 4.78 is 69.9. The summed E-state index contributed by atoms with van der Waals surface area (Å²) in [7, 11) is -7.86. The van der Waals surface area contributed by atoms with Crippen LogP contribution in [0.3, 0.4) is 0 Å². The normalized spacial score (nSPS) is 18.4. The molecule has 2 aliphatic heterocycles. The quantitative estimate of drug-likeness (QED) is 0.0237. The number of benzene rings is 2. The molecule has 3 aliphatic rings. The molecule has 23 heteroatoms. The minimum Gasteiger partial charge on any atom is -0.465 e. The van der Waals surface area contributed by atoms with Crippen LogP contribution in [0.15, 0.2) is 41.2 Å². The van der Waals surface area contributed by atoms with Crippen LogP contribution >= 0.6 is 15.3 Å². The predicted molar refractivity (Wildman–Crippen MR) is 248 cm³/mol. The third kappa shape index (κ3) is 11.0. The fourth-order valence-corrected chi connectivity index (χ4v) is 10.9. The first-order chi connectivity index (χ1) is 32.9. The number of carbonyl (C=O) groups excluding carboxylic acids is 4. The summed E-state index contributed by atoms with van der Waals surface area (Å²) in [5, 5.41) is 32.0. The van der Waals surface area contributed by atoms with Crippen molar-refractivity contribution in [1.82, 2.24) is 25.3 Å². The molecule has 368 valence electrons. The van der Waals surface area contributed by atoms with Gasteiger partial charge in [0.2, 0.25) is 5.91 Å². The van der Waals surface area contributed by atoms with Crippen LogP contribution in [0.2, 0.25) is 0 Å². The minimum absolute atomic E-state index is 0.0316. The number of aliphatic hydroxyl groups is 2. The molecule has 0 fully saturated rings. The van der Waals surface area contributed by atoms with E-state index in [4.69, 9.17) is 39.6 Å². The molecule has 2 aromatic carbocycles. The Balaban J connectivity index is 0.989. The summed E-state index contributed by atoms with van der Waals surface area (Å²) in [5.74, 6) is -2.94. The van der Waals surface area contributed by atoms with Crippen molar-refractivity contribution in [2.24, 2.45) is 0 Å². The smallest absolute Gasteiger partial charge is 0.406 e. The number of aryl methyl sites for hydroxylation is 1. The van der Waals surface area contributed by atoms with Gasteiger partial charge in [-0.1, -0.05) is 6.92 Å². The zero-order chi connectivity index (χ0) is 49.7. The average molecular weight is 995 g/mol. The highest BCUT2D eigenvalue weighted by Crippen LogP contribution is 2.48. The molecule has 20 nitrogen and oxygen atoms in total. The number of terminal acetylenes is 1. The number of hydrogen-bond acceptors (Lipinski definition) is 15. The van der Waals surface area contributed by atoms with Gasteiger partial charge >= 0.3 is 27.2 Å². The van der Waals surface area contributed by atoms with Crippen molar-refractivity contribution in [3.8, 4) is 23.5 Å². The monoisotopic (exact) mass is 994 g/mol. The van der Waals surface area contributed by atoms with Gasteiger partial charge in [-0.25, -0.2) is 23.8 Å². The molecular formula is C46H53FN6O14P2. The summed E-state index contributed by atoms with van der Waals surface area (Å²) in [6.45, 7) is 2.83. The molecule has 4 atom stereocenters. The zero-order valence-electron chi connectivity index (χ0n) is 38.2. The van der Waals surface area contributed by atoms with Gasteiger partial charge in [-0.2, -0.15) is 0 Å². The Hall–Kier alpha value is -5.81. The third-order valence-corrected chi connectivity index (χ3v) is 15.2. The Labute approximate surface area is 396 Å². The number of carbonyl (C=O) groups is 4. The standard InChI is InChI=1S/C46H53FN6O14P2/c1-5-46(60)34-22-38-42-32(24-53(38)44(58)33(34)25-64-45(46)59)41-36(15-14-31-27(3)35(47)23-37(51-42)40(31)41)50-39(56)26-67-69(62,49-17-20-63-28(4)55)66-19-9-7-8-16-48-43(57)29-10-12-30(13-11-29)52-68(61,6-2)65-21-18-54/h2,10-13,22-23,36,54,60H,5,7-9,14-21,24-26H2,1,3-4H3,(H,48,57)(H,49,62)(H,50,56)(H,52,61)/t36-,46-,68?,69?/m0/s1. The Bertz CT molecular complexity index is 2890. The number of rotatable bonds is 22. The molecular weight excluding hydrogens is 941 g/mol. The number of nitrogens with one attached hydrogen (secondary N) is 4. The second-order valence-electron chi connectivity index (χ2n) is 16.6. The number of anilines is 1. The van der Waals surface area contributed by atoms with Crippen LogP contribution in [-0.2, 0) is 71.7 Å². The maximum Gasteiger partial charge on any atom is 0.406 e. The molecule has 0 saturated heterocycles. The first-order valence-corrected chi connectivity index (χ1v) is 25.5. The van der Waals surface area contributed by atoms with E-state index in [1.54, 1.807) is 19.9 Å². The number of aromatic nitrogens is 2. The SMILES string of the molecule is C#CP(=O)(Nc1ccc(C(=O)NCCCCCOP(=O)(NCCOC(C)=O)OCC(=O)N[C@H]2CCc3c(C)c(F)cc4nc5c(c2c34)Cn2c-5cc3c(c2=O)COC(=O)[C@]3(O)CC)cc1)OCCO. The Morgan fingerprint density at radius 2 is 1.80 bits per heavy atom. The van der Waals surface area contributed by atoms with E-state index in [1.807, 2.05) is 0 Å². The van der Waals surface area contributed by atoms with Crippen LogP contribution in [0.1, 0.15) is 95.7 Å². The van der Waals surface area contributed by atoms with E-state index in [0.717, 1.165) is 0 Å². The molecule has 7 rings (SSSR count). The lowest BCUT2D eigenvalue weighted by molar-refractivity contribution is -0.172. The van der Waals surface area contributed by atoms with Gasteiger partial charge in [0.15, 0.2) is 5.60 Å². The lowest BCUT2D eigenvalue weighted by Crippen LogP contribution is -2.44. The zero-order valence-corrected chi connectivity index (χ0v) is 40.0. The molecule has 1 aliphatic carbocycles. The fraction of sp³-hybridized carbons (Fsp3) is 0.435. The molecule has 2 aromatic heterocycles. The molecule has 4 aromatic rings. The van der Waals surface area contributed by atoms with Gasteiger partial charge in [0, 0.05) is 59.5 Å². The molecule has 0 bridgehead atoms. The number of fused-ring (bicyclic) bond motifs is 5. The van der Waals surface area contributed by atoms with Gasteiger partial charge in [0.25, 0.3) is 11.5 Å². The Morgan fingerprint density at radius 3 is 2.51 bits per heavy atom. The van der Waals surface area contributed by atoms with Crippen LogP contribution in [0.25, 0.3) is 22.3 Å². The van der Waals surface area contributed by atoms with Gasteiger partial charge in [-0.15, -0.1) is 6.42 Å². The van der Waals surface area contributed by atoms with Crippen molar-refractivity contribution in [3.05, 3.63) is 91.5 Å². The molecule has 0 spiro atoms. The topological polar surface area (TPSA) is 272 Å². The largest absolute Gasteiger partial charge is 0.465 e. The van der Waals surface area contributed by atoms with E-state index >= 15 is 4.39 Å². The van der Waals surface area contributed by atoms with E-state index < -0.39 is 62.7 Å². The number of halogens is 1. The van der Waals surface area contributed by atoms with Gasteiger partial charge in [0.05, 0.1) is 54.9 Å². The van der Waals surface area contributed by atoms with Crippen LogP contribution in [0.5, 0.6) is 0 Å².